The Bertz CT molecular complexity index is 967. The minimum Gasteiger partial charge on any atom is -0.369 e. The van der Waals surface area contributed by atoms with Crippen molar-refractivity contribution >= 4 is 21.7 Å². The van der Waals surface area contributed by atoms with Crippen LogP contribution >= 0.6 is 0 Å². The summed E-state index contributed by atoms with van der Waals surface area (Å²) < 4.78 is 23.0. The summed E-state index contributed by atoms with van der Waals surface area (Å²) in [7, 11) is -3.28. The Morgan fingerprint density at radius 1 is 1.26 bits per heavy atom. The van der Waals surface area contributed by atoms with E-state index < -0.39 is 21.7 Å². The van der Waals surface area contributed by atoms with Gasteiger partial charge in [0.05, 0.1) is 23.2 Å². The number of carbonyl (C=O) groups excluding carboxylic acids is 2. The first-order chi connectivity index (χ1) is 12.6. The van der Waals surface area contributed by atoms with E-state index >= 15 is 0 Å². The molecule has 27 heavy (non-hydrogen) atoms. The lowest BCUT2D eigenvalue weighted by atomic mass is 9.95. The molecule has 0 unspecified atom stereocenters. The number of benzene rings is 1. The van der Waals surface area contributed by atoms with E-state index in [9.17, 15) is 18.0 Å². The van der Waals surface area contributed by atoms with Gasteiger partial charge in [0.1, 0.15) is 5.82 Å². The zero-order chi connectivity index (χ0) is 19.8. The molecule has 2 amide bonds. The molecule has 1 aliphatic rings. The average Bonchev–Trinajstić information content (AvgIpc) is 3.20. The van der Waals surface area contributed by atoms with Crippen LogP contribution in [0.25, 0.3) is 0 Å². The smallest absolute Gasteiger partial charge is 0.227 e. The Morgan fingerprint density at radius 2 is 1.93 bits per heavy atom. The van der Waals surface area contributed by atoms with Crippen molar-refractivity contribution in [3.63, 3.8) is 0 Å². The quantitative estimate of drug-likeness (QED) is 0.723. The molecular formula is C17H21N5O4S. The third kappa shape index (κ3) is 4.16. The number of nitrogens with one attached hydrogen (secondary N) is 1. The zero-order valence-electron chi connectivity index (χ0n) is 15.0. The third-order valence-electron chi connectivity index (χ3n) is 4.69. The molecular weight excluding hydrogens is 370 g/mol. The number of rotatable bonds is 5. The lowest BCUT2D eigenvalue weighted by Crippen LogP contribution is -2.32. The van der Waals surface area contributed by atoms with Gasteiger partial charge in [0.25, 0.3) is 0 Å². The number of aromatic nitrogens is 3. The fraction of sp³-hybridized carbons (Fsp3) is 0.412. The first-order valence-corrected chi connectivity index (χ1v) is 10.3. The molecule has 0 aliphatic carbocycles. The molecule has 10 heteroatoms. The van der Waals surface area contributed by atoms with Gasteiger partial charge in [-0.15, -0.1) is 0 Å². The molecule has 1 aromatic heterocycles. The molecule has 1 saturated heterocycles. The van der Waals surface area contributed by atoms with Crippen molar-refractivity contribution in [3.8, 4) is 0 Å². The fourth-order valence-corrected chi connectivity index (χ4v) is 3.85. The van der Waals surface area contributed by atoms with Gasteiger partial charge in [0.15, 0.2) is 15.7 Å². The maximum Gasteiger partial charge on any atom is 0.227 e. The summed E-state index contributed by atoms with van der Waals surface area (Å²) in [6.45, 7) is 2.28. The Labute approximate surface area is 156 Å². The number of hydrogen-bond donors (Lipinski definition) is 2. The molecule has 0 saturated carbocycles. The number of aromatic amines is 1. The highest BCUT2D eigenvalue weighted by Crippen LogP contribution is 2.31. The fourth-order valence-electron chi connectivity index (χ4n) is 3.22. The number of amides is 2. The maximum absolute atomic E-state index is 12.7. The molecule has 3 N–H and O–H groups in total. The largest absolute Gasteiger partial charge is 0.369 e. The molecule has 0 radical (unpaired) electrons. The topological polar surface area (TPSA) is 139 Å². The number of likely N-dealkylation sites (tertiary alicyclic amines) is 1. The van der Waals surface area contributed by atoms with Crippen LogP contribution in [0.5, 0.6) is 0 Å². The molecule has 0 bridgehead atoms. The summed E-state index contributed by atoms with van der Waals surface area (Å²) in [4.78, 5) is 30.5. The standard InChI is InChI=1S/C17H21N5O4S/c1-10-19-17(21-20-10)14-9-22(8-13(14)16(18)24)15(23)7-11-3-5-12(6-4-11)27(2,25)26/h3-6,13-14H,7-9H2,1-2H3,(H2,18,24)(H,19,20,21)/t13-,14-/m1/s1. The molecule has 0 spiro atoms. The second-order valence-corrected chi connectivity index (χ2v) is 8.80. The molecule has 144 valence electrons. The van der Waals surface area contributed by atoms with Crippen molar-refractivity contribution in [3.05, 3.63) is 41.5 Å². The molecule has 1 aliphatic heterocycles. The Balaban J connectivity index is 1.72. The summed E-state index contributed by atoms with van der Waals surface area (Å²) in [5.74, 6) is -0.438. The maximum atomic E-state index is 12.7. The van der Waals surface area contributed by atoms with Crippen molar-refractivity contribution < 1.29 is 18.0 Å². The second kappa shape index (κ2) is 7.10. The first kappa shape index (κ1) is 19.0. The predicted octanol–water partition coefficient (Wildman–Crippen LogP) is -0.213. The van der Waals surface area contributed by atoms with Gasteiger partial charge in [-0.25, -0.2) is 13.4 Å². The number of nitrogens with two attached hydrogens (primary N) is 1. The molecule has 2 heterocycles. The summed E-state index contributed by atoms with van der Waals surface area (Å²) >= 11 is 0. The van der Waals surface area contributed by atoms with Gasteiger partial charge >= 0.3 is 0 Å². The average molecular weight is 391 g/mol. The van der Waals surface area contributed by atoms with E-state index in [2.05, 4.69) is 15.2 Å². The van der Waals surface area contributed by atoms with Crippen LogP contribution in [-0.4, -0.2) is 59.7 Å². The van der Waals surface area contributed by atoms with Crippen molar-refractivity contribution in [2.24, 2.45) is 11.7 Å². The van der Waals surface area contributed by atoms with Crippen molar-refractivity contribution in [2.75, 3.05) is 19.3 Å². The van der Waals surface area contributed by atoms with Crippen LogP contribution in [0.1, 0.15) is 23.1 Å². The molecule has 3 rings (SSSR count). The number of hydrogen-bond acceptors (Lipinski definition) is 6. The minimum atomic E-state index is -3.28. The highest BCUT2D eigenvalue weighted by Gasteiger charge is 2.41. The third-order valence-corrected chi connectivity index (χ3v) is 5.82. The van der Waals surface area contributed by atoms with E-state index in [1.807, 2.05) is 0 Å². The van der Waals surface area contributed by atoms with Crippen molar-refractivity contribution in [1.29, 1.82) is 0 Å². The molecule has 1 aromatic carbocycles. The van der Waals surface area contributed by atoms with Crippen molar-refractivity contribution in [2.45, 2.75) is 24.2 Å². The number of carbonyl (C=O) groups is 2. The Morgan fingerprint density at radius 3 is 2.44 bits per heavy atom. The number of sulfone groups is 1. The van der Waals surface area contributed by atoms with Gasteiger partial charge in [0.2, 0.25) is 11.8 Å². The zero-order valence-corrected chi connectivity index (χ0v) is 15.9. The molecule has 1 fully saturated rings. The van der Waals surface area contributed by atoms with Crippen LogP contribution in [0.4, 0.5) is 0 Å². The Hall–Kier alpha value is -2.75. The highest BCUT2D eigenvalue weighted by atomic mass is 32.2. The molecule has 9 nitrogen and oxygen atoms in total. The van der Waals surface area contributed by atoms with E-state index in [-0.39, 0.29) is 29.7 Å². The minimum absolute atomic E-state index is 0.106. The number of aryl methyl sites for hydroxylation is 1. The van der Waals surface area contributed by atoms with E-state index in [0.717, 1.165) is 6.26 Å². The summed E-state index contributed by atoms with van der Waals surface area (Å²) in [5.41, 5.74) is 6.20. The van der Waals surface area contributed by atoms with Gasteiger partial charge < -0.3 is 10.6 Å². The van der Waals surface area contributed by atoms with Gasteiger partial charge in [-0.1, -0.05) is 12.1 Å². The van der Waals surface area contributed by atoms with Gasteiger partial charge in [-0.05, 0) is 24.6 Å². The molecule has 2 atom stereocenters. The van der Waals surface area contributed by atoms with Crippen LogP contribution < -0.4 is 5.73 Å². The van der Waals surface area contributed by atoms with Crippen LogP contribution in [-0.2, 0) is 25.8 Å². The molecule has 2 aromatic rings. The number of H-pyrrole nitrogens is 1. The predicted molar refractivity (Wildman–Crippen MR) is 96.4 cm³/mol. The van der Waals surface area contributed by atoms with Gasteiger partial charge in [-0.2, -0.15) is 5.10 Å². The lowest BCUT2D eigenvalue weighted by molar-refractivity contribution is -0.129. The van der Waals surface area contributed by atoms with Crippen LogP contribution in [0.2, 0.25) is 0 Å². The van der Waals surface area contributed by atoms with Crippen LogP contribution in [0.3, 0.4) is 0 Å². The van der Waals surface area contributed by atoms with E-state index in [0.29, 0.717) is 23.8 Å². The normalized spacial score (nSPS) is 20.0. The summed E-state index contributed by atoms with van der Waals surface area (Å²) in [5, 5.41) is 6.84. The van der Waals surface area contributed by atoms with E-state index in [4.69, 9.17) is 5.73 Å². The van der Waals surface area contributed by atoms with E-state index in [1.165, 1.54) is 12.1 Å². The SMILES string of the molecule is Cc1nc([C@@H]2CN(C(=O)Cc3ccc(S(C)(=O)=O)cc3)C[C@H]2C(N)=O)n[nH]1. The summed E-state index contributed by atoms with van der Waals surface area (Å²) in [6.07, 6.45) is 1.24. The number of primary amides is 1. The van der Waals surface area contributed by atoms with Crippen molar-refractivity contribution in [1.82, 2.24) is 20.1 Å². The van der Waals surface area contributed by atoms with Gasteiger partial charge in [0, 0.05) is 19.3 Å². The number of nitrogens with zero attached hydrogens (tertiary/aromatic N) is 3. The summed E-state index contributed by atoms with van der Waals surface area (Å²) in [6, 6.07) is 6.19. The highest BCUT2D eigenvalue weighted by molar-refractivity contribution is 7.90. The monoisotopic (exact) mass is 391 g/mol. The van der Waals surface area contributed by atoms with Gasteiger partial charge in [-0.3, -0.25) is 14.7 Å². The first-order valence-electron chi connectivity index (χ1n) is 8.40. The Kier molecular flexibility index (Phi) is 5.01. The van der Waals surface area contributed by atoms with Crippen LogP contribution in [0, 0.1) is 12.8 Å². The van der Waals surface area contributed by atoms with Crippen LogP contribution in [0.15, 0.2) is 29.2 Å². The lowest BCUT2D eigenvalue weighted by Gasteiger charge is -2.16. The van der Waals surface area contributed by atoms with E-state index in [1.54, 1.807) is 24.0 Å². The second-order valence-electron chi connectivity index (χ2n) is 6.79.